The molecular formula is C36H36N4OPt. The molecule has 2 aliphatic heterocycles. The molecule has 0 aliphatic carbocycles. The Kier molecular flexibility index (Phi) is 8.29. The van der Waals surface area contributed by atoms with E-state index in [1.807, 2.05) is 54.1 Å². The van der Waals surface area contributed by atoms with Crippen LogP contribution in [-0.4, -0.2) is 23.9 Å². The minimum atomic E-state index is -0.140. The standard InChI is InChI=1S/C36H36N4O.Pt/c1-25-17-26(2)35(27(3)18-25)28-19-30(40-24-38(7)36(4,5)33-13-8-9-14-34(33)40)22-32(20-28)41-31-12-10-11-29(21-31)39-16-15-37(6)23-39;/h8-20,23-24H,1-7H3;/q-4;+4. The predicted octanol–water partition coefficient (Wildman–Crippen LogP) is 8.45. The van der Waals surface area contributed by atoms with Crippen LogP contribution >= 0.6 is 0 Å². The van der Waals surface area contributed by atoms with Gasteiger partial charge in [0.1, 0.15) is 0 Å². The van der Waals surface area contributed by atoms with Gasteiger partial charge in [0.25, 0.3) is 0 Å². The Balaban J connectivity index is 0.00000353. The van der Waals surface area contributed by atoms with Crippen molar-refractivity contribution < 1.29 is 25.8 Å². The fourth-order valence-electron chi connectivity index (χ4n) is 5.81. The van der Waals surface area contributed by atoms with E-state index >= 15 is 0 Å². The van der Waals surface area contributed by atoms with Gasteiger partial charge in [-0.15, -0.1) is 53.3 Å². The zero-order valence-electron chi connectivity index (χ0n) is 25.2. The number of nitrogens with zero attached hydrogens (tertiary/aromatic N) is 4. The summed E-state index contributed by atoms with van der Waals surface area (Å²) in [5.41, 5.74) is 10.1. The van der Waals surface area contributed by atoms with Crippen LogP contribution in [0.1, 0.15) is 36.1 Å². The number of fused-ring (bicyclic) bond motifs is 1. The fourth-order valence-corrected chi connectivity index (χ4v) is 5.81. The Morgan fingerprint density at radius 2 is 1.48 bits per heavy atom. The molecule has 5 nitrogen and oxygen atoms in total. The van der Waals surface area contributed by atoms with E-state index in [1.165, 1.54) is 27.8 Å². The average molecular weight is 736 g/mol. The second kappa shape index (κ2) is 11.6. The van der Waals surface area contributed by atoms with Crippen LogP contribution in [0.5, 0.6) is 11.5 Å². The van der Waals surface area contributed by atoms with E-state index in [1.54, 1.807) is 0 Å². The quantitative estimate of drug-likeness (QED) is 0.192. The van der Waals surface area contributed by atoms with Crippen LogP contribution in [0.3, 0.4) is 0 Å². The second-order valence-corrected chi connectivity index (χ2v) is 11.6. The van der Waals surface area contributed by atoms with Crippen LogP contribution in [0.4, 0.5) is 17.1 Å². The summed E-state index contributed by atoms with van der Waals surface area (Å²) < 4.78 is 6.51. The first-order valence-electron chi connectivity index (χ1n) is 14.0. The number of hydrogen-bond acceptors (Lipinski definition) is 5. The van der Waals surface area contributed by atoms with Gasteiger partial charge >= 0.3 is 21.1 Å². The minimum absolute atomic E-state index is 0. The molecule has 0 spiro atoms. The van der Waals surface area contributed by atoms with Gasteiger partial charge in [-0.05, 0) is 89.4 Å². The molecule has 0 bridgehead atoms. The molecule has 0 unspecified atom stereocenters. The van der Waals surface area contributed by atoms with E-state index in [4.69, 9.17) is 4.74 Å². The van der Waals surface area contributed by atoms with Crippen molar-refractivity contribution in [1.29, 1.82) is 0 Å². The maximum Gasteiger partial charge on any atom is 4.00 e. The first kappa shape index (κ1) is 29.9. The molecule has 6 heteroatoms. The summed E-state index contributed by atoms with van der Waals surface area (Å²) in [6, 6.07) is 30.4. The normalized spacial score (nSPS) is 15.9. The SMILES string of the molecule is Cc1cc(C)c(-c2cc(Oc3[c-]c(N4C=CN(C)[CH-]4)ccc3)[c-]c(N3[CH-]N(C)C(C)(C)c4ccccc43)c2)c(C)c1.[Pt+4]. The fraction of sp³-hybridized carbons (Fsp3) is 0.222. The Morgan fingerprint density at radius 1 is 0.762 bits per heavy atom. The largest absolute Gasteiger partial charge is 4.00 e. The molecule has 0 amide bonds. The summed E-state index contributed by atoms with van der Waals surface area (Å²) in [7, 11) is 4.13. The van der Waals surface area contributed by atoms with Crippen molar-refractivity contribution in [1.82, 2.24) is 9.80 Å². The van der Waals surface area contributed by atoms with Crippen LogP contribution in [0.15, 0.2) is 79.1 Å². The zero-order valence-corrected chi connectivity index (χ0v) is 27.4. The maximum absolute atomic E-state index is 6.51. The molecule has 2 aliphatic rings. The third-order valence-corrected chi connectivity index (χ3v) is 8.07. The summed E-state index contributed by atoms with van der Waals surface area (Å²) in [5, 5.41) is 0. The van der Waals surface area contributed by atoms with Gasteiger partial charge in [0, 0.05) is 22.7 Å². The molecule has 0 N–H and O–H groups in total. The van der Waals surface area contributed by atoms with E-state index in [2.05, 4.69) is 119 Å². The Labute approximate surface area is 265 Å². The summed E-state index contributed by atoms with van der Waals surface area (Å²) in [4.78, 5) is 8.50. The molecule has 0 atom stereocenters. The molecule has 4 aromatic rings. The third kappa shape index (κ3) is 5.61. The molecule has 0 radical (unpaired) electrons. The average Bonchev–Trinajstić information content (AvgIpc) is 3.37. The zero-order chi connectivity index (χ0) is 28.9. The van der Waals surface area contributed by atoms with Gasteiger partial charge in [-0.25, -0.2) is 0 Å². The van der Waals surface area contributed by atoms with Crippen molar-refractivity contribution in [3.05, 3.63) is 127 Å². The van der Waals surface area contributed by atoms with Crippen molar-refractivity contribution in [2.24, 2.45) is 0 Å². The van der Waals surface area contributed by atoms with E-state index < -0.39 is 0 Å². The van der Waals surface area contributed by atoms with Crippen LogP contribution in [0, 0.1) is 46.2 Å². The van der Waals surface area contributed by atoms with Crippen molar-refractivity contribution in [3.8, 4) is 22.6 Å². The molecule has 216 valence electrons. The Bertz CT molecular complexity index is 1620. The van der Waals surface area contributed by atoms with Crippen molar-refractivity contribution in [3.63, 3.8) is 0 Å². The van der Waals surface area contributed by atoms with Crippen molar-refractivity contribution in [2.75, 3.05) is 23.9 Å². The molecular weight excluding hydrogens is 700 g/mol. The Morgan fingerprint density at radius 3 is 2.19 bits per heavy atom. The van der Waals surface area contributed by atoms with Crippen molar-refractivity contribution in [2.45, 2.75) is 40.2 Å². The van der Waals surface area contributed by atoms with E-state index in [0.29, 0.717) is 11.5 Å². The predicted molar refractivity (Wildman–Crippen MR) is 168 cm³/mol. The summed E-state index contributed by atoms with van der Waals surface area (Å²) in [6.07, 6.45) is 4.01. The van der Waals surface area contributed by atoms with Gasteiger partial charge in [-0.1, -0.05) is 35.9 Å². The number of rotatable bonds is 5. The molecule has 42 heavy (non-hydrogen) atoms. The third-order valence-electron chi connectivity index (χ3n) is 8.07. The first-order chi connectivity index (χ1) is 19.6. The maximum atomic E-state index is 6.51. The first-order valence-corrected chi connectivity index (χ1v) is 14.0. The van der Waals surface area contributed by atoms with Gasteiger partial charge in [0.2, 0.25) is 0 Å². The van der Waals surface area contributed by atoms with E-state index in [-0.39, 0.29) is 26.6 Å². The number of benzene rings is 4. The molecule has 6 rings (SSSR count). The number of ether oxygens (including phenoxy) is 1. The molecule has 0 aromatic heterocycles. The topological polar surface area (TPSA) is 22.2 Å². The van der Waals surface area contributed by atoms with Gasteiger partial charge < -0.3 is 24.3 Å². The number of anilines is 3. The number of aryl methyl sites for hydroxylation is 3. The van der Waals surface area contributed by atoms with Crippen LogP contribution in [-0.2, 0) is 26.6 Å². The minimum Gasteiger partial charge on any atom is -0.510 e. The van der Waals surface area contributed by atoms with E-state index in [0.717, 1.165) is 22.6 Å². The van der Waals surface area contributed by atoms with Crippen molar-refractivity contribution >= 4 is 17.1 Å². The van der Waals surface area contributed by atoms with Gasteiger partial charge in [0.05, 0.1) is 0 Å². The molecule has 4 aromatic carbocycles. The van der Waals surface area contributed by atoms with Gasteiger partial charge in [-0.2, -0.15) is 19.4 Å². The van der Waals surface area contributed by atoms with Gasteiger partial charge in [-0.3, -0.25) is 0 Å². The molecule has 0 fully saturated rings. The molecule has 0 saturated heterocycles. The number of hydrogen-bond donors (Lipinski definition) is 0. The van der Waals surface area contributed by atoms with Crippen LogP contribution in [0.2, 0.25) is 0 Å². The van der Waals surface area contributed by atoms with E-state index in [9.17, 15) is 0 Å². The van der Waals surface area contributed by atoms with Crippen LogP contribution < -0.4 is 14.5 Å². The summed E-state index contributed by atoms with van der Waals surface area (Å²) in [6.45, 7) is 15.2. The summed E-state index contributed by atoms with van der Waals surface area (Å²) in [5.74, 6) is 1.28. The molecule has 2 heterocycles. The van der Waals surface area contributed by atoms with Gasteiger partial charge in [0.15, 0.2) is 0 Å². The molecule has 0 saturated carbocycles. The monoisotopic (exact) mass is 735 g/mol. The number of para-hydroxylation sites is 1. The second-order valence-electron chi connectivity index (χ2n) is 11.6. The van der Waals surface area contributed by atoms with Crippen LogP contribution in [0.25, 0.3) is 11.1 Å². The Hall–Kier alpha value is -3.53. The summed E-state index contributed by atoms with van der Waals surface area (Å²) >= 11 is 0. The smallest absolute Gasteiger partial charge is 0.510 e.